The van der Waals surface area contributed by atoms with E-state index in [0.29, 0.717) is 39.0 Å². The lowest BCUT2D eigenvalue weighted by Crippen LogP contribution is -2.45. The van der Waals surface area contributed by atoms with E-state index in [4.69, 9.17) is 9.47 Å². The Bertz CT molecular complexity index is 1130. The molecule has 44 heavy (non-hydrogen) atoms. The molecule has 2 unspecified atom stereocenters. The molecule has 0 bridgehead atoms. The van der Waals surface area contributed by atoms with Gasteiger partial charge in [-0.25, -0.2) is 9.59 Å². The summed E-state index contributed by atoms with van der Waals surface area (Å²) in [4.78, 5) is 59.1. The Labute approximate surface area is 262 Å². The van der Waals surface area contributed by atoms with Crippen LogP contribution < -0.4 is 11.1 Å². The Hall–Kier alpha value is -3.65. The standard InChI is InChI=1S/C15H21NO3.C11H19NO3.C4H9N.C3H3NO/c1-10-8-16(14(18)19-15(2,3)4)9-11-5-6-12(17)7-13(10)11;1-8-7-12(6-5-9(8)13)10(14)15-11(2,3)4;1-2-4-5-3-1;1-2-3(4)5/h5-6,10H,7-9H2,1-4H3;8H,5-7H2,1-4H3;5H,1-4H2;1H,(H2,4,5). The molecule has 0 aromatic rings. The Morgan fingerprint density at radius 1 is 0.909 bits per heavy atom. The minimum atomic E-state index is -0.718. The summed E-state index contributed by atoms with van der Waals surface area (Å²) >= 11 is 0. The number of terminal acetylenes is 1. The van der Waals surface area contributed by atoms with E-state index in [9.17, 15) is 24.0 Å². The van der Waals surface area contributed by atoms with Gasteiger partial charge in [-0.2, -0.15) is 0 Å². The first-order valence-electron chi connectivity index (χ1n) is 15.2. The molecule has 0 radical (unpaired) electrons. The first-order valence-corrected chi connectivity index (χ1v) is 15.2. The van der Waals surface area contributed by atoms with Crippen molar-refractivity contribution in [3.63, 3.8) is 0 Å². The first-order chi connectivity index (χ1) is 20.3. The average Bonchev–Trinajstić information content (AvgIpc) is 3.50. The van der Waals surface area contributed by atoms with Gasteiger partial charge < -0.3 is 30.3 Å². The third-order valence-electron chi connectivity index (χ3n) is 6.77. The van der Waals surface area contributed by atoms with Crippen LogP contribution in [0.2, 0.25) is 0 Å². The van der Waals surface area contributed by atoms with Gasteiger partial charge in [0.2, 0.25) is 0 Å². The maximum Gasteiger partial charge on any atom is 0.410 e. The van der Waals surface area contributed by atoms with Crippen LogP contribution in [0.1, 0.15) is 81.1 Å². The monoisotopic (exact) mass is 616 g/mol. The number of allylic oxidation sites excluding steroid dienone is 1. The minimum Gasteiger partial charge on any atom is -0.444 e. The van der Waals surface area contributed by atoms with Gasteiger partial charge in [-0.05, 0) is 91.0 Å². The molecule has 2 saturated heterocycles. The van der Waals surface area contributed by atoms with Crippen molar-refractivity contribution in [1.29, 1.82) is 0 Å². The molecule has 11 nitrogen and oxygen atoms in total. The number of piperidine rings is 1. The summed E-state index contributed by atoms with van der Waals surface area (Å²) in [5, 5.41) is 3.22. The zero-order chi connectivity index (χ0) is 33.7. The fourth-order valence-corrected chi connectivity index (χ4v) is 4.61. The first kappa shape index (κ1) is 38.4. The molecule has 2 fully saturated rings. The van der Waals surface area contributed by atoms with Gasteiger partial charge in [0.1, 0.15) is 17.0 Å². The van der Waals surface area contributed by atoms with Gasteiger partial charge in [-0.3, -0.25) is 14.4 Å². The quantitative estimate of drug-likeness (QED) is 0.388. The van der Waals surface area contributed by atoms with Crippen LogP contribution in [0.4, 0.5) is 9.59 Å². The Morgan fingerprint density at radius 3 is 1.84 bits per heavy atom. The molecule has 1 aliphatic carbocycles. The number of nitrogens with zero attached hydrogens (tertiary/aromatic N) is 2. The Kier molecular flexibility index (Phi) is 15.3. The lowest BCUT2D eigenvalue weighted by Gasteiger charge is -2.36. The highest BCUT2D eigenvalue weighted by Crippen LogP contribution is 2.30. The van der Waals surface area contributed by atoms with E-state index in [-0.39, 0.29) is 35.6 Å². The topological polar surface area (TPSA) is 148 Å². The Morgan fingerprint density at radius 2 is 1.41 bits per heavy atom. The van der Waals surface area contributed by atoms with Crippen molar-refractivity contribution < 1.29 is 33.4 Å². The van der Waals surface area contributed by atoms with E-state index in [1.807, 2.05) is 54.5 Å². The number of likely N-dealkylation sites (tertiary alicyclic amines) is 1. The van der Waals surface area contributed by atoms with Gasteiger partial charge >= 0.3 is 12.2 Å². The highest BCUT2D eigenvalue weighted by Gasteiger charge is 2.32. The molecule has 0 aromatic carbocycles. The second kappa shape index (κ2) is 17.6. The molecular formula is C33H52N4O7. The number of ketones is 2. The third kappa shape index (κ3) is 15.2. The lowest BCUT2D eigenvalue weighted by molar-refractivity contribution is -0.125. The molecule has 2 atom stereocenters. The van der Waals surface area contributed by atoms with Crippen molar-refractivity contribution in [2.75, 3.05) is 39.3 Å². The molecule has 0 saturated carbocycles. The normalized spacial score (nSPS) is 21.2. The number of amides is 3. The summed E-state index contributed by atoms with van der Waals surface area (Å²) in [6.45, 7) is 19.6. The zero-order valence-electron chi connectivity index (χ0n) is 27.8. The summed E-state index contributed by atoms with van der Waals surface area (Å²) in [7, 11) is 0. The molecule has 3 amide bonds. The van der Waals surface area contributed by atoms with Crippen LogP contribution >= 0.6 is 0 Å². The minimum absolute atomic E-state index is 0.0636. The molecule has 3 heterocycles. The van der Waals surface area contributed by atoms with Gasteiger partial charge in [0.05, 0.1) is 0 Å². The highest BCUT2D eigenvalue weighted by molar-refractivity contribution is 5.94. The van der Waals surface area contributed by atoms with E-state index in [2.05, 4.69) is 24.4 Å². The van der Waals surface area contributed by atoms with Gasteiger partial charge in [0.15, 0.2) is 5.78 Å². The number of hydrogen-bond donors (Lipinski definition) is 2. The second-order valence-corrected chi connectivity index (χ2v) is 13.3. The molecule has 0 aromatic heterocycles. The fourth-order valence-electron chi connectivity index (χ4n) is 4.61. The predicted octanol–water partition coefficient (Wildman–Crippen LogP) is 4.01. The number of Topliss-reactive ketones (excluding diaryl/α,β-unsaturated/α-hetero) is 1. The second-order valence-electron chi connectivity index (χ2n) is 13.3. The van der Waals surface area contributed by atoms with E-state index in [1.54, 1.807) is 21.8 Å². The predicted molar refractivity (Wildman–Crippen MR) is 169 cm³/mol. The molecular weight excluding hydrogens is 564 g/mol. The van der Waals surface area contributed by atoms with Crippen molar-refractivity contribution in [2.24, 2.45) is 17.6 Å². The molecule has 3 N–H and O–H groups in total. The maximum atomic E-state index is 12.1. The van der Waals surface area contributed by atoms with Gasteiger partial charge in [-0.15, -0.1) is 6.42 Å². The number of ether oxygens (including phenoxy) is 2. The highest BCUT2D eigenvalue weighted by atomic mass is 16.6. The van der Waals surface area contributed by atoms with Gasteiger partial charge in [-0.1, -0.05) is 25.5 Å². The number of carbonyl (C=O) groups is 5. The molecule has 11 heteroatoms. The van der Waals surface area contributed by atoms with Crippen LogP contribution in [0.3, 0.4) is 0 Å². The van der Waals surface area contributed by atoms with Crippen molar-refractivity contribution in [3.05, 3.63) is 23.3 Å². The SMILES string of the molecule is C#CC(N)=O.C1CCNC1.CC1CN(C(=O)OC(C)(C)C)CC2=C1CC(=O)C=C2.CC1CN(C(=O)OC(C)(C)C)CCC1=O. The number of primary amides is 1. The summed E-state index contributed by atoms with van der Waals surface area (Å²) in [5.74, 6) is 1.48. The molecule has 3 aliphatic heterocycles. The van der Waals surface area contributed by atoms with Crippen molar-refractivity contribution in [3.8, 4) is 12.3 Å². The van der Waals surface area contributed by atoms with E-state index in [0.717, 1.165) is 5.57 Å². The molecule has 4 rings (SSSR count). The average molecular weight is 617 g/mol. The largest absolute Gasteiger partial charge is 0.444 e. The summed E-state index contributed by atoms with van der Waals surface area (Å²) in [6, 6.07) is 0. The fraction of sp³-hybridized carbons (Fsp3) is 0.667. The van der Waals surface area contributed by atoms with Crippen LogP contribution in [0.25, 0.3) is 0 Å². The van der Waals surface area contributed by atoms with Gasteiger partial charge in [0.25, 0.3) is 5.91 Å². The summed E-state index contributed by atoms with van der Waals surface area (Å²) in [5.41, 5.74) is 5.73. The number of hydrogen-bond acceptors (Lipinski definition) is 8. The van der Waals surface area contributed by atoms with E-state index >= 15 is 0 Å². The van der Waals surface area contributed by atoms with Crippen LogP contribution in [-0.2, 0) is 23.9 Å². The van der Waals surface area contributed by atoms with Crippen LogP contribution in [-0.4, -0.2) is 89.9 Å². The van der Waals surface area contributed by atoms with Gasteiger partial charge in [0, 0.05) is 44.9 Å². The number of nitrogens with one attached hydrogen (secondary N) is 1. The van der Waals surface area contributed by atoms with E-state index < -0.39 is 17.1 Å². The third-order valence-corrected chi connectivity index (χ3v) is 6.77. The van der Waals surface area contributed by atoms with Crippen LogP contribution in [0.5, 0.6) is 0 Å². The smallest absolute Gasteiger partial charge is 0.410 e. The van der Waals surface area contributed by atoms with Crippen LogP contribution in [0.15, 0.2) is 23.3 Å². The van der Waals surface area contributed by atoms with E-state index in [1.165, 1.54) is 31.5 Å². The van der Waals surface area contributed by atoms with Crippen LogP contribution in [0, 0.1) is 24.2 Å². The number of rotatable bonds is 0. The van der Waals surface area contributed by atoms with Crippen molar-refractivity contribution in [2.45, 2.75) is 92.3 Å². The Balaban J connectivity index is 0.000000341. The lowest BCUT2D eigenvalue weighted by atomic mass is 9.84. The summed E-state index contributed by atoms with van der Waals surface area (Å²) in [6.07, 6.45) is 11.0. The maximum absolute atomic E-state index is 12.1. The molecule has 246 valence electrons. The summed E-state index contributed by atoms with van der Waals surface area (Å²) < 4.78 is 10.6. The molecule has 0 spiro atoms. The van der Waals surface area contributed by atoms with Crippen molar-refractivity contribution >= 4 is 29.7 Å². The number of nitrogens with two attached hydrogens (primary N) is 1. The zero-order valence-corrected chi connectivity index (χ0v) is 27.8. The molecule has 4 aliphatic rings. The number of carbonyl (C=O) groups excluding carboxylic acids is 5. The van der Waals surface area contributed by atoms with Crippen molar-refractivity contribution in [1.82, 2.24) is 15.1 Å².